The van der Waals surface area contributed by atoms with Crippen LogP contribution >= 0.6 is 0 Å². The molecule has 0 unspecified atom stereocenters. The van der Waals surface area contributed by atoms with Crippen LogP contribution in [-0.2, 0) is 0 Å². The minimum atomic E-state index is 0.331. The molecule has 2 heterocycles. The summed E-state index contributed by atoms with van der Waals surface area (Å²) in [5.74, 6) is 1.44. The Morgan fingerprint density at radius 3 is 2.69 bits per heavy atom. The summed E-state index contributed by atoms with van der Waals surface area (Å²) in [5, 5.41) is 15.3. The van der Waals surface area contributed by atoms with Crippen LogP contribution in [0.2, 0.25) is 0 Å². The SMILES string of the molecule is C/C=C/c1cc(N=C(N)CC(=N)N2CCN(c3ccccc3)CC2)n[nH]1. The normalized spacial score (nSPS) is 15.7. The smallest absolute Gasteiger partial charge is 0.175 e. The number of aliphatic imine (C=N–C) groups is 1. The van der Waals surface area contributed by atoms with Crippen LogP contribution in [0, 0.1) is 5.41 Å². The summed E-state index contributed by atoms with van der Waals surface area (Å²) in [7, 11) is 0. The third-order valence-electron chi connectivity index (χ3n) is 4.32. The number of amidine groups is 2. The lowest BCUT2D eigenvalue weighted by Gasteiger charge is -2.37. The number of nitrogens with one attached hydrogen (secondary N) is 2. The number of aromatic nitrogens is 2. The molecule has 0 amide bonds. The summed E-state index contributed by atoms with van der Waals surface area (Å²) in [5.41, 5.74) is 8.13. The summed E-state index contributed by atoms with van der Waals surface area (Å²) in [4.78, 5) is 8.71. The number of rotatable bonds is 5. The van der Waals surface area contributed by atoms with Gasteiger partial charge in [0, 0.05) is 37.9 Å². The number of aromatic amines is 1. The Balaban J connectivity index is 1.52. The van der Waals surface area contributed by atoms with Crippen LogP contribution in [-0.4, -0.2) is 52.9 Å². The number of anilines is 1. The number of para-hydroxylation sites is 1. The minimum Gasteiger partial charge on any atom is -0.387 e. The van der Waals surface area contributed by atoms with Gasteiger partial charge < -0.3 is 15.5 Å². The molecule has 136 valence electrons. The first-order chi connectivity index (χ1) is 12.7. The van der Waals surface area contributed by atoms with Crippen LogP contribution in [0.25, 0.3) is 6.08 Å². The molecule has 0 atom stereocenters. The van der Waals surface area contributed by atoms with Gasteiger partial charge in [-0.15, -0.1) is 0 Å². The van der Waals surface area contributed by atoms with Crippen LogP contribution < -0.4 is 10.6 Å². The minimum absolute atomic E-state index is 0.331. The standard InChI is InChI=1S/C19H25N7/c1-2-6-15-13-19(24-23-15)22-17(20)14-18(21)26-11-9-25(10-12-26)16-7-4-3-5-8-16/h2-8,13,21H,9-12,14H2,1H3,(H3,20,22,23,24)/b6-2+,21-18?. The van der Waals surface area contributed by atoms with Crippen molar-refractivity contribution in [3.05, 3.63) is 48.2 Å². The number of hydrogen-bond donors (Lipinski definition) is 3. The van der Waals surface area contributed by atoms with Crippen LogP contribution in [0.15, 0.2) is 47.5 Å². The number of piperazine rings is 1. The van der Waals surface area contributed by atoms with Crippen molar-refractivity contribution in [1.82, 2.24) is 15.1 Å². The fourth-order valence-electron chi connectivity index (χ4n) is 2.99. The van der Waals surface area contributed by atoms with Crippen LogP contribution in [0.3, 0.4) is 0 Å². The molecule has 2 aromatic rings. The molecule has 1 aromatic heterocycles. The van der Waals surface area contributed by atoms with Crippen molar-refractivity contribution >= 4 is 29.3 Å². The molecular formula is C19H25N7. The molecule has 1 aliphatic heterocycles. The predicted octanol–water partition coefficient (Wildman–Crippen LogP) is 2.62. The maximum absolute atomic E-state index is 8.33. The van der Waals surface area contributed by atoms with Crippen molar-refractivity contribution in [3.8, 4) is 0 Å². The number of benzene rings is 1. The van der Waals surface area contributed by atoms with E-state index in [2.05, 4.69) is 49.3 Å². The van der Waals surface area contributed by atoms with E-state index in [0.717, 1.165) is 31.9 Å². The third-order valence-corrected chi connectivity index (χ3v) is 4.32. The van der Waals surface area contributed by atoms with Gasteiger partial charge in [0.1, 0.15) is 11.7 Å². The van der Waals surface area contributed by atoms with Gasteiger partial charge in [-0.3, -0.25) is 10.5 Å². The molecule has 4 N–H and O–H groups in total. The first kappa shape index (κ1) is 17.7. The highest BCUT2D eigenvalue weighted by molar-refractivity contribution is 6.01. The number of H-pyrrole nitrogens is 1. The molecular weight excluding hydrogens is 326 g/mol. The van der Waals surface area contributed by atoms with Crippen LogP contribution in [0.1, 0.15) is 19.0 Å². The monoisotopic (exact) mass is 351 g/mol. The van der Waals surface area contributed by atoms with Crippen molar-refractivity contribution in [2.24, 2.45) is 10.7 Å². The highest BCUT2D eigenvalue weighted by atomic mass is 15.3. The second-order valence-corrected chi connectivity index (χ2v) is 6.22. The van der Waals surface area contributed by atoms with E-state index < -0.39 is 0 Å². The van der Waals surface area contributed by atoms with E-state index in [1.54, 1.807) is 0 Å². The van der Waals surface area contributed by atoms with E-state index in [9.17, 15) is 0 Å². The Morgan fingerprint density at radius 1 is 1.27 bits per heavy atom. The van der Waals surface area contributed by atoms with Crippen molar-refractivity contribution in [2.75, 3.05) is 31.1 Å². The van der Waals surface area contributed by atoms with Gasteiger partial charge in [-0.25, -0.2) is 4.99 Å². The lowest BCUT2D eigenvalue weighted by atomic mass is 10.2. The van der Waals surface area contributed by atoms with Gasteiger partial charge in [-0.2, -0.15) is 5.10 Å². The van der Waals surface area contributed by atoms with E-state index in [4.69, 9.17) is 11.1 Å². The average molecular weight is 351 g/mol. The first-order valence-electron chi connectivity index (χ1n) is 8.79. The molecule has 0 bridgehead atoms. The second-order valence-electron chi connectivity index (χ2n) is 6.22. The van der Waals surface area contributed by atoms with E-state index >= 15 is 0 Å². The van der Waals surface area contributed by atoms with E-state index in [-0.39, 0.29) is 0 Å². The molecule has 3 rings (SSSR count). The molecule has 1 aliphatic rings. The van der Waals surface area contributed by atoms with Gasteiger partial charge in [0.25, 0.3) is 0 Å². The maximum atomic E-state index is 8.33. The zero-order chi connectivity index (χ0) is 18.4. The Hall–Kier alpha value is -3.09. The molecule has 0 radical (unpaired) electrons. The van der Waals surface area contributed by atoms with Crippen molar-refractivity contribution in [2.45, 2.75) is 13.3 Å². The topological polar surface area (TPSA) is 97.4 Å². The molecule has 7 nitrogen and oxygen atoms in total. The lowest BCUT2D eigenvalue weighted by Crippen LogP contribution is -2.49. The summed E-state index contributed by atoms with van der Waals surface area (Å²) in [6.45, 7) is 5.37. The number of allylic oxidation sites excluding steroid dienone is 1. The Bertz CT molecular complexity index is 783. The molecule has 0 saturated carbocycles. The fraction of sp³-hybridized carbons (Fsp3) is 0.316. The maximum Gasteiger partial charge on any atom is 0.175 e. The summed E-state index contributed by atoms with van der Waals surface area (Å²) >= 11 is 0. The molecule has 0 aliphatic carbocycles. The highest BCUT2D eigenvalue weighted by Crippen LogP contribution is 2.16. The average Bonchev–Trinajstić information content (AvgIpc) is 3.09. The number of nitrogens with zero attached hydrogens (tertiary/aromatic N) is 4. The van der Waals surface area contributed by atoms with E-state index in [1.165, 1.54) is 5.69 Å². The van der Waals surface area contributed by atoms with Gasteiger partial charge in [0.05, 0.1) is 12.1 Å². The number of hydrogen-bond acceptors (Lipinski definition) is 4. The summed E-state index contributed by atoms with van der Waals surface area (Å²) < 4.78 is 0. The lowest BCUT2D eigenvalue weighted by molar-refractivity contribution is 0.380. The highest BCUT2D eigenvalue weighted by Gasteiger charge is 2.19. The first-order valence-corrected chi connectivity index (χ1v) is 8.79. The summed E-state index contributed by atoms with van der Waals surface area (Å²) in [6, 6.07) is 12.2. The Kier molecular flexibility index (Phi) is 5.68. The van der Waals surface area contributed by atoms with Crippen LogP contribution in [0.4, 0.5) is 11.5 Å². The predicted molar refractivity (Wildman–Crippen MR) is 107 cm³/mol. The Labute approximate surface area is 153 Å². The van der Waals surface area contributed by atoms with Crippen molar-refractivity contribution < 1.29 is 0 Å². The third kappa shape index (κ3) is 4.50. The van der Waals surface area contributed by atoms with Crippen LogP contribution in [0.5, 0.6) is 0 Å². The molecule has 26 heavy (non-hydrogen) atoms. The van der Waals surface area contributed by atoms with Gasteiger partial charge >= 0.3 is 0 Å². The molecule has 0 spiro atoms. The zero-order valence-electron chi connectivity index (χ0n) is 15.0. The molecule has 1 saturated heterocycles. The molecule has 7 heteroatoms. The van der Waals surface area contributed by atoms with Gasteiger partial charge in [0.2, 0.25) is 0 Å². The fourth-order valence-corrected chi connectivity index (χ4v) is 2.99. The van der Waals surface area contributed by atoms with E-state index in [0.29, 0.717) is 23.9 Å². The van der Waals surface area contributed by atoms with Gasteiger partial charge in [-0.05, 0) is 25.1 Å². The number of nitrogens with two attached hydrogens (primary N) is 1. The van der Waals surface area contributed by atoms with Gasteiger partial charge in [0.15, 0.2) is 5.82 Å². The largest absolute Gasteiger partial charge is 0.387 e. The summed E-state index contributed by atoms with van der Waals surface area (Å²) in [6.07, 6.45) is 4.17. The second kappa shape index (κ2) is 8.33. The molecule has 1 fully saturated rings. The van der Waals surface area contributed by atoms with Crippen molar-refractivity contribution in [1.29, 1.82) is 5.41 Å². The van der Waals surface area contributed by atoms with Crippen molar-refractivity contribution in [3.63, 3.8) is 0 Å². The Morgan fingerprint density at radius 2 is 2.00 bits per heavy atom. The molecule has 1 aromatic carbocycles. The van der Waals surface area contributed by atoms with E-state index in [1.807, 2.05) is 31.2 Å². The quantitative estimate of drug-likeness (QED) is 0.570. The van der Waals surface area contributed by atoms with Gasteiger partial charge in [-0.1, -0.05) is 24.3 Å². The zero-order valence-corrected chi connectivity index (χ0v) is 15.0.